The first-order chi connectivity index (χ1) is 14.8. The lowest BCUT2D eigenvalue weighted by Crippen LogP contribution is -2.34. The monoisotopic (exact) mass is 450 g/mol. The van der Waals surface area contributed by atoms with Crippen molar-refractivity contribution >= 4 is 28.9 Å². The number of rotatable bonds is 2. The van der Waals surface area contributed by atoms with Crippen LogP contribution in [-0.2, 0) is 5.41 Å². The molecule has 0 aliphatic carbocycles. The van der Waals surface area contributed by atoms with Crippen molar-refractivity contribution in [1.29, 1.82) is 0 Å². The van der Waals surface area contributed by atoms with Crippen LogP contribution < -0.4 is 4.74 Å². The van der Waals surface area contributed by atoms with Gasteiger partial charge in [-0.3, -0.25) is 0 Å². The number of halogens is 2. The second kappa shape index (κ2) is 7.58. The van der Waals surface area contributed by atoms with E-state index in [1.807, 2.05) is 24.3 Å². The molecule has 0 saturated heterocycles. The van der Waals surface area contributed by atoms with Crippen molar-refractivity contribution in [2.75, 3.05) is 0 Å². The molecule has 0 spiro atoms. The summed E-state index contributed by atoms with van der Waals surface area (Å²) in [6.07, 6.45) is 0.416. The number of hydrogen-bond donors (Lipinski definition) is 0. The van der Waals surface area contributed by atoms with Crippen molar-refractivity contribution < 1.29 is 4.74 Å². The SMILES string of the molecule is CC(C)(C)c1ccc([C@@H]2Oc3c(Cl)cc(Cl)cc3[C@@H]3CC(c4ccccc4)=NN32)cc1. The Morgan fingerprint density at radius 2 is 1.68 bits per heavy atom. The maximum absolute atomic E-state index is 6.56. The van der Waals surface area contributed by atoms with Gasteiger partial charge in [0.25, 0.3) is 0 Å². The summed E-state index contributed by atoms with van der Waals surface area (Å²) in [5.41, 5.74) is 5.56. The smallest absolute Gasteiger partial charge is 0.213 e. The maximum Gasteiger partial charge on any atom is 0.213 e. The molecular weight excluding hydrogens is 427 g/mol. The normalized spacial score (nSPS) is 20.0. The third-order valence-corrected chi connectivity index (χ3v) is 6.48. The highest BCUT2D eigenvalue weighted by molar-refractivity contribution is 6.35. The fraction of sp³-hybridized carbons (Fsp3) is 0.269. The molecule has 2 atom stereocenters. The quantitative estimate of drug-likeness (QED) is 0.402. The molecule has 31 heavy (non-hydrogen) atoms. The molecule has 0 radical (unpaired) electrons. The van der Waals surface area contributed by atoms with Crippen molar-refractivity contribution in [3.8, 4) is 5.75 Å². The molecule has 2 aliphatic rings. The average molecular weight is 451 g/mol. The number of ether oxygens (including phenoxy) is 1. The highest BCUT2D eigenvalue weighted by Crippen LogP contribution is 2.50. The van der Waals surface area contributed by atoms with E-state index < -0.39 is 0 Å². The molecule has 2 aliphatic heterocycles. The van der Waals surface area contributed by atoms with Crippen molar-refractivity contribution in [3.63, 3.8) is 0 Å². The highest BCUT2D eigenvalue weighted by atomic mass is 35.5. The Morgan fingerprint density at radius 3 is 2.35 bits per heavy atom. The molecule has 3 nitrogen and oxygen atoms in total. The maximum atomic E-state index is 6.56. The predicted octanol–water partition coefficient (Wildman–Crippen LogP) is 7.53. The minimum atomic E-state index is -0.355. The van der Waals surface area contributed by atoms with E-state index in [9.17, 15) is 0 Å². The predicted molar refractivity (Wildman–Crippen MR) is 127 cm³/mol. The zero-order valence-corrected chi connectivity index (χ0v) is 19.3. The van der Waals surface area contributed by atoms with Crippen LogP contribution in [-0.4, -0.2) is 10.7 Å². The molecular formula is C26H24Cl2N2O. The first-order valence-corrected chi connectivity index (χ1v) is 11.2. The minimum absolute atomic E-state index is 0.0162. The van der Waals surface area contributed by atoms with E-state index in [1.165, 1.54) is 5.56 Å². The summed E-state index contributed by atoms with van der Waals surface area (Å²) < 4.78 is 6.46. The second-order valence-electron chi connectivity index (χ2n) is 9.16. The summed E-state index contributed by atoms with van der Waals surface area (Å²) in [6, 6.07) is 22.6. The fourth-order valence-electron chi connectivity index (χ4n) is 4.29. The van der Waals surface area contributed by atoms with Gasteiger partial charge in [-0.05, 0) is 28.7 Å². The molecule has 0 aromatic heterocycles. The van der Waals surface area contributed by atoms with Crippen LogP contribution in [0.4, 0.5) is 0 Å². The minimum Gasteiger partial charge on any atom is -0.463 e. The Morgan fingerprint density at radius 1 is 0.968 bits per heavy atom. The molecule has 0 bridgehead atoms. The van der Waals surface area contributed by atoms with Gasteiger partial charge in [-0.25, -0.2) is 5.01 Å². The number of fused-ring (bicyclic) bond motifs is 3. The molecule has 2 heterocycles. The Hall–Kier alpha value is -2.49. The number of nitrogens with zero attached hydrogens (tertiary/aromatic N) is 2. The summed E-state index contributed by atoms with van der Waals surface area (Å²) in [5, 5.41) is 8.20. The van der Waals surface area contributed by atoms with Gasteiger partial charge in [0, 0.05) is 22.6 Å². The van der Waals surface area contributed by atoms with Crippen LogP contribution >= 0.6 is 23.2 Å². The van der Waals surface area contributed by atoms with Crippen LogP contribution in [0.25, 0.3) is 0 Å². The Kier molecular flexibility index (Phi) is 4.99. The van der Waals surface area contributed by atoms with Gasteiger partial charge in [0.05, 0.1) is 16.8 Å². The van der Waals surface area contributed by atoms with Crippen LogP contribution in [0.15, 0.2) is 71.8 Å². The lowest BCUT2D eigenvalue weighted by Gasteiger charge is -2.38. The number of hydrogen-bond acceptors (Lipinski definition) is 3. The van der Waals surface area contributed by atoms with Gasteiger partial charge in [-0.15, -0.1) is 0 Å². The number of benzene rings is 3. The summed E-state index contributed by atoms with van der Waals surface area (Å²) in [4.78, 5) is 0. The van der Waals surface area contributed by atoms with E-state index in [-0.39, 0.29) is 17.7 Å². The molecule has 3 aromatic carbocycles. The van der Waals surface area contributed by atoms with Crippen molar-refractivity contribution in [2.24, 2.45) is 5.10 Å². The van der Waals surface area contributed by atoms with E-state index in [1.54, 1.807) is 6.07 Å². The summed E-state index contributed by atoms with van der Waals surface area (Å²) in [5.74, 6) is 0.696. The summed E-state index contributed by atoms with van der Waals surface area (Å²) in [6.45, 7) is 6.64. The van der Waals surface area contributed by atoms with Crippen LogP contribution in [0.1, 0.15) is 61.7 Å². The molecule has 0 amide bonds. The van der Waals surface area contributed by atoms with Gasteiger partial charge in [0.15, 0.2) is 0 Å². The van der Waals surface area contributed by atoms with Crippen LogP contribution in [0.3, 0.4) is 0 Å². The summed E-state index contributed by atoms with van der Waals surface area (Å²) in [7, 11) is 0. The zero-order chi connectivity index (χ0) is 21.8. The van der Waals surface area contributed by atoms with E-state index in [0.717, 1.165) is 28.8 Å². The van der Waals surface area contributed by atoms with Gasteiger partial charge in [0.2, 0.25) is 6.23 Å². The lowest BCUT2D eigenvalue weighted by molar-refractivity contribution is -0.0189. The van der Waals surface area contributed by atoms with Crippen molar-refractivity contribution in [3.05, 3.63) is 99.0 Å². The largest absolute Gasteiger partial charge is 0.463 e. The number of hydrazone groups is 1. The van der Waals surface area contributed by atoms with Crippen molar-refractivity contribution in [2.45, 2.75) is 44.9 Å². The van der Waals surface area contributed by atoms with Gasteiger partial charge >= 0.3 is 0 Å². The standard InChI is InChI=1S/C26H24Cl2N2O/c1-26(2,3)18-11-9-17(10-12-18)25-30-23(15-22(29-30)16-7-5-4-6-8-16)20-13-19(27)14-21(28)24(20)31-25/h4-14,23,25H,15H2,1-3H3/t23-,25-/m0/s1. The van der Waals surface area contributed by atoms with E-state index in [4.69, 9.17) is 33.0 Å². The topological polar surface area (TPSA) is 24.8 Å². The van der Waals surface area contributed by atoms with Crippen LogP contribution in [0.2, 0.25) is 10.0 Å². The lowest BCUT2D eigenvalue weighted by atomic mass is 9.86. The second-order valence-corrected chi connectivity index (χ2v) is 10.0. The van der Waals surface area contributed by atoms with Crippen molar-refractivity contribution in [1.82, 2.24) is 5.01 Å². The molecule has 0 fully saturated rings. The molecule has 3 aromatic rings. The fourth-order valence-corrected chi connectivity index (χ4v) is 4.84. The first kappa shape index (κ1) is 20.4. The van der Waals surface area contributed by atoms with Gasteiger partial charge < -0.3 is 4.74 Å². The Balaban J connectivity index is 1.60. The average Bonchev–Trinajstić information content (AvgIpc) is 3.19. The van der Waals surface area contributed by atoms with Gasteiger partial charge in [-0.1, -0.05) is 98.6 Å². The van der Waals surface area contributed by atoms with E-state index >= 15 is 0 Å². The third kappa shape index (κ3) is 3.71. The van der Waals surface area contributed by atoms with Gasteiger partial charge in [-0.2, -0.15) is 5.10 Å². The molecule has 0 N–H and O–H groups in total. The Labute approximate surface area is 193 Å². The molecule has 5 heteroatoms. The van der Waals surface area contributed by atoms with Gasteiger partial charge in [0.1, 0.15) is 5.75 Å². The van der Waals surface area contributed by atoms with E-state index in [2.05, 4.69) is 62.2 Å². The zero-order valence-electron chi connectivity index (χ0n) is 17.8. The Bertz CT molecular complexity index is 1150. The highest BCUT2D eigenvalue weighted by Gasteiger charge is 2.42. The molecule has 5 rings (SSSR count). The van der Waals surface area contributed by atoms with E-state index in [0.29, 0.717) is 15.8 Å². The molecule has 158 valence electrons. The summed E-state index contributed by atoms with van der Waals surface area (Å²) >= 11 is 12.9. The molecule has 0 unspecified atom stereocenters. The first-order valence-electron chi connectivity index (χ1n) is 10.5. The van der Waals surface area contributed by atoms with Crippen LogP contribution in [0.5, 0.6) is 5.75 Å². The van der Waals surface area contributed by atoms with Crippen LogP contribution in [0, 0.1) is 0 Å². The molecule has 0 saturated carbocycles. The third-order valence-electron chi connectivity index (χ3n) is 5.98.